The predicted octanol–water partition coefficient (Wildman–Crippen LogP) is 3.31. The Morgan fingerprint density at radius 2 is 1.44 bits per heavy atom. The average molecular weight is 350 g/mol. The van der Waals surface area contributed by atoms with Crippen LogP contribution in [0.25, 0.3) is 0 Å². The van der Waals surface area contributed by atoms with E-state index in [-0.39, 0.29) is 24.0 Å². The van der Waals surface area contributed by atoms with Crippen molar-refractivity contribution >= 4 is 35.7 Å². The van der Waals surface area contributed by atoms with Gasteiger partial charge < -0.3 is 9.97 Å². The molecule has 0 saturated carbocycles. The number of hydrogen-bond donors (Lipinski definition) is 2. The van der Waals surface area contributed by atoms with E-state index in [4.69, 9.17) is 0 Å². The number of imidazole rings is 2. The summed E-state index contributed by atoms with van der Waals surface area (Å²) in [4.78, 5) is 14.7. The van der Waals surface area contributed by atoms with Crippen LogP contribution in [0, 0.1) is 0 Å². The molecule has 4 nitrogen and oxygen atoms in total. The van der Waals surface area contributed by atoms with Gasteiger partial charge in [-0.3, -0.25) is 0 Å². The quantitative estimate of drug-likeness (QED) is 0.832. The zero-order valence-electron chi connectivity index (χ0n) is 9.18. The lowest BCUT2D eigenvalue weighted by Crippen LogP contribution is -1.97. The van der Waals surface area contributed by atoms with Crippen molar-refractivity contribution in [2.24, 2.45) is 0 Å². The Morgan fingerprint density at radius 1 is 1.00 bits per heavy atom. The Kier molecular flexibility index (Phi) is 5.33. The van der Waals surface area contributed by atoms with E-state index in [1.807, 2.05) is 24.2 Å². The van der Waals surface area contributed by atoms with E-state index < -0.39 is 0 Å². The Labute approximate surface area is 116 Å². The molecule has 0 bridgehead atoms. The average Bonchev–Trinajstić information content (AvgIpc) is 2.91. The van der Waals surface area contributed by atoms with Crippen LogP contribution in [-0.2, 0) is 0 Å². The highest BCUT2D eigenvalue weighted by atomic mass is 127. The highest BCUT2D eigenvalue weighted by molar-refractivity contribution is 14.0. The second-order valence-electron chi connectivity index (χ2n) is 3.37. The Bertz CT molecular complexity index is 349. The Hall–Kier alpha value is -0.500. The lowest BCUT2D eigenvalue weighted by molar-refractivity contribution is 0.917. The first-order chi connectivity index (χ1) is 7.27. The summed E-state index contributed by atoms with van der Waals surface area (Å²) in [6.45, 7) is 4.28. The minimum absolute atomic E-state index is 0. The normalized spacial score (nSPS) is 14.1. The molecule has 2 aromatic heterocycles. The Morgan fingerprint density at radius 3 is 1.75 bits per heavy atom. The van der Waals surface area contributed by atoms with E-state index in [1.165, 1.54) is 0 Å². The maximum absolute atomic E-state index is 4.24. The van der Waals surface area contributed by atoms with Crippen molar-refractivity contribution in [2.45, 2.75) is 24.3 Å². The summed E-state index contributed by atoms with van der Waals surface area (Å²) in [5.74, 6) is 2.02. The van der Waals surface area contributed by atoms with Crippen molar-refractivity contribution in [3.63, 3.8) is 0 Å². The van der Waals surface area contributed by atoms with E-state index in [0.717, 1.165) is 11.6 Å². The van der Waals surface area contributed by atoms with Crippen LogP contribution in [0.1, 0.15) is 36.0 Å². The van der Waals surface area contributed by atoms with Gasteiger partial charge in [-0.1, -0.05) is 0 Å². The number of hydrogen-bond acceptors (Lipinski definition) is 3. The van der Waals surface area contributed by atoms with Crippen LogP contribution < -0.4 is 0 Å². The summed E-state index contributed by atoms with van der Waals surface area (Å²) in [5, 5.41) is 0.695. The highest BCUT2D eigenvalue weighted by Crippen LogP contribution is 2.37. The summed E-state index contributed by atoms with van der Waals surface area (Å²) >= 11 is 1.83. The smallest absolute Gasteiger partial charge is 0.118 e. The SMILES string of the molecule is CC(SC(C)c1ncc[nH]1)c1ncc[nH]1.I. The minimum Gasteiger partial charge on any atom is -0.348 e. The van der Waals surface area contributed by atoms with Crippen molar-refractivity contribution in [1.82, 2.24) is 19.9 Å². The molecule has 0 aromatic carbocycles. The molecule has 2 N–H and O–H groups in total. The van der Waals surface area contributed by atoms with Crippen molar-refractivity contribution in [3.8, 4) is 0 Å². The van der Waals surface area contributed by atoms with Gasteiger partial charge in [0.1, 0.15) is 11.6 Å². The molecule has 0 amide bonds. The maximum atomic E-state index is 4.24. The van der Waals surface area contributed by atoms with Gasteiger partial charge in [0.25, 0.3) is 0 Å². The van der Waals surface area contributed by atoms with Crippen LogP contribution in [0.4, 0.5) is 0 Å². The number of aromatic amines is 2. The number of H-pyrrole nitrogens is 2. The fourth-order valence-electron chi connectivity index (χ4n) is 1.43. The molecule has 0 fully saturated rings. The van der Waals surface area contributed by atoms with Gasteiger partial charge in [-0.2, -0.15) is 0 Å². The molecule has 0 aliphatic carbocycles. The van der Waals surface area contributed by atoms with Crippen LogP contribution in [0.5, 0.6) is 0 Å². The number of aromatic nitrogens is 4. The second kappa shape index (κ2) is 6.29. The molecular weight excluding hydrogens is 335 g/mol. The Balaban J connectivity index is 0.00000128. The van der Waals surface area contributed by atoms with Gasteiger partial charge in [-0.05, 0) is 13.8 Å². The lowest BCUT2D eigenvalue weighted by Gasteiger charge is -2.13. The number of halogens is 1. The zero-order chi connectivity index (χ0) is 10.7. The van der Waals surface area contributed by atoms with E-state index in [0.29, 0.717) is 10.5 Å². The van der Waals surface area contributed by atoms with Gasteiger partial charge in [-0.25, -0.2) is 9.97 Å². The van der Waals surface area contributed by atoms with Crippen LogP contribution in [0.3, 0.4) is 0 Å². The predicted molar refractivity (Wildman–Crippen MR) is 77.0 cm³/mol. The van der Waals surface area contributed by atoms with E-state index in [1.54, 1.807) is 12.4 Å². The molecule has 2 atom stereocenters. The van der Waals surface area contributed by atoms with Gasteiger partial charge >= 0.3 is 0 Å². The van der Waals surface area contributed by atoms with Gasteiger partial charge in [0.05, 0.1) is 10.5 Å². The van der Waals surface area contributed by atoms with Gasteiger partial charge in [0.2, 0.25) is 0 Å². The van der Waals surface area contributed by atoms with Crippen molar-refractivity contribution < 1.29 is 0 Å². The number of nitrogens with zero attached hydrogens (tertiary/aromatic N) is 2. The van der Waals surface area contributed by atoms with Gasteiger partial charge in [-0.15, -0.1) is 35.7 Å². The summed E-state index contributed by atoms with van der Waals surface area (Å²) in [5.41, 5.74) is 0. The summed E-state index contributed by atoms with van der Waals surface area (Å²) in [7, 11) is 0. The molecule has 88 valence electrons. The van der Waals surface area contributed by atoms with E-state index >= 15 is 0 Å². The standard InChI is InChI=1S/C10H14N4S.HI/c1-7(9-11-3-4-12-9)15-8(2)10-13-5-6-14-10;/h3-8H,1-2H3,(H,11,12)(H,13,14);1H. The third kappa shape index (κ3) is 3.24. The molecule has 0 aliphatic rings. The van der Waals surface area contributed by atoms with Crippen LogP contribution >= 0.6 is 35.7 Å². The highest BCUT2D eigenvalue weighted by Gasteiger charge is 2.15. The van der Waals surface area contributed by atoms with Crippen LogP contribution in [0.15, 0.2) is 24.8 Å². The fraction of sp³-hybridized carbons (Fsp3) is 0.400. The van der Waals surface area contributed by atoms with Crippen molar-refractivity contribution in [1.29, 1.82) is 0 Å². The first-order valence-corrected chi connectivity index (χ1v) is 5.85. The monoisotopic (exact) mass is 350 g/mol. The topological polar surface area (TPSA) is 57.4 Å². The summed E-state index contributed by atoms with van der Waals surface area (Å²) < 4.78 is 0. The number of rotatable bonds is 4. The first kappa shape index (κ1) is 13.6. The first-order valence-electron chi connectivity index (χ1n) is 4.91. The summed E-state index contributed by atoms with van der Waals surface area (Å²) in [6, 6.07) is 0. The van der Waals surface area contributed by atoms with Gasteiger partial charge in [0.15, 0.2) is 0 Å². The molecule has 16 heavy (non-hydrogen) atoms. The molecule has 0 aliphatic heterocycles. The molecule has 2 heterocycles. The number of thioether (sulfide) groups is 1. The molecule has 0 saturated heterocycles. The zero-order valence-corrected chi connectivity index (χ0v) is 12.3. The third-order valence-electron chi connectivity index (χ3n) is 2.22. The van der Waals surface area contributed by atoms with E-state index in [9.17, 15) is 0 Å². The van der Waals surface area contributed by atoms with Crippen molar-refractivity contribution in [2.75, 3.05) is 0 Å². The van der Waals surface area contributed by atoms with Crippen LogP contribution in [0.2, 0.25) is 0 Å². The largest absolute Gasteiger partial charge is 0.348 e. The third-order valence-corrected chi connectivity index (χ3v) is 3.48. The summed E-state index contributed by atoms with van der Waals surface area (Å²) in [6.07, 6.45) is 7.27. The molecule has 0 radical (unpaired) electrons. The molecule has 2 aromatic rings. The number of nitrogens with one attached hydrogen (secondary N) is 2. The molecule has 2 rings (SSSR count). The van der Waals surface area contributed by atoms with Gasteiger partial charge in [0, 0.05) is 24.8 Å². The van der Waals surface area contributed by atoms with Crippen molar-refractivity contribution in [3.05, 3.63) is 36.4 Å². The lowest BCUT2D eigenvalue weighted by atomic mass is 10.4. The molecule has 6 heteroatoms. The second-order valence-corrected chi connectivity index (χ2v) is 5.06. The molecular formula is C10H15IN4S. The van der Waals surface area contributed by atoms with E-state index in [2.05, 4.69) is 33.8 Å². The fourth-order valence-corrected chi connectivity index (χ4v) is 2.56. The van der Waals surface area contributed by atoms with Crippen LogP contribution in [-0.4, -0.2) is 19.9 Å². The molecule has 2 unspecified atom stereocenters. The molecule has 0 spiro atoms. The minimum atomic E-state index is 0. The maximum Gasteiger partial charge on any atom is 0.118 e.